The van der Waals surface area contributed by atoms with E-state index in [4.69, 9.17) is 0 Å². The van der Waals surface area contributed by atoms with Crippen LogP contribution in [0.5, 0.6) is 0 Å². The molecule has 20 heavy (non-hydrogen) atoms. The lowest BCUT2D eigenvalue weighted by molar-refractivity contribution is -0.384. The van der Waals surface area contributed by atoms with Crippen molar-refractivity contribution in [2.75, 3.05) is 5.32 Å². The molecule has 1 amide bonds. The van der Waals surface area contributed by atoms with Gasteiger partial charge in [0.15, 0.2) is 0 Å². The van der Waals surface area contributed by atoms with Crippen LogP contribution >= 0.6 is 0 Å². The first kappa shape index (κ1) is 13.5. The SMILES string of the molecule is O=C(Nc1ccc([N+](=O)[O-])cc1)c1cc(F)nc(F)c1. The van der Waals surface area contributed by atoms with Crippen molar-refractivity contribution in [2.24, 2.45) is 0 Å². The molecular formula is C12H7F2N3O3. The minimum atomic E-state index is -1.11. The summed E-state index contributed by atoms with van der Waals surface area (Å²) in [5, 5.41) is 12.8. The summed E-state index contributed by atoms with van der Waals surface area (Å²) in [6.45, 7) is 0. The lowest BCUT2D eigenvalue weighted by Crippen LogP contribution is -2.13. The Morgan fingerprint density at radius 3 is 2.20 bits per heavy atom. The predicted octanol–water partition coefficient (Wildman–Crippen LogP) is 2.52. The molecule has 102 valence electrons. The Kier molecular flexibility index (Phi) is 3.65. The molecule has 2 rings (SSSR count). The molecule has 0 aliphatic rings. The largest absolute Gasteiger partial charge is 0.322 e. The topological polar surface area (TPSA) is 85.1 Å². The Bertz CT molecular complexity index is 654. The van der Waals surface area contributed by atoms with Crippen LogP contribution in [0, 0.1) is 22.0 Å². The van der Waals surface area contributed by atoms with Gasteiger partial charge in [0.2, 0.25) is 11.9 Å². The minimum absolute atomic E-state index is 0.135. The van der Waals surface area contributed by atoms with Crippen LogP contribution in [0.4, 0.5) is 20.2 Å². The number of nitrogens with zero attached hydrogens (tertiary/aromatic N) is 2. The third kappa shape index (κ3) is 3.10. The summed E-state index contributed by atoms with van der Waals surface area (Å²) in [4.78, 5) is 24.5. The first-order valence-corrected chi connectivity index (χ1v) is 5.34. The maximum atomic E-state index is 12.9. The van der Waals surface area contributed by atoms with Crippen LogP contribution in [0.3, 0.4) is 0 Å². The molecule has 0 bridgehead atoms. The standard InChI is InChI=1S/C12H7F2N3O3/c13-10-5-7(6-11(14)16-10)12(18)15-8-1-3-9(4-2-8)17(19)20/h1-6H,(H,15,18). The molecule has 0 aliphatic carbocycles. The van der Waals surface area contributed by atoms with Gasteiger partial charge in [0.25, 0.3) is 11.6 Å². The lowest BCUT2D eigenvalue weighted by atomic mass is 10.2. The number of carbonyl (C=O) groups excluding carboxylic acids is 1. The highest BCUT2D eigenvalue weighted by Gasteiger charge is 2.11. The number of halogens is 2. The van der Waals surface area contributed by atoms with E-state index in [1.807, 2.05) is 0 Å². The van der Waals surface area contributed by atoms with E-state index >= 15 is 0 Å². The van der Waals surface area contributed by atoms with Crippen molar-refractivity contribution in [3.63, 3.8) is 0 Å². The zero-order valence-electron chi connectivity index (χ0n) is 9.84. The monoisotopic (exact) mass is 279 g/mol. The second kappa shape index (κ2) is 5.39. The van der Waals surface area contributed by atoms with Gasteiger partial charge in [0.1, 0.15) is 0 Å². The Morgan fingerprint density at radius 2 is 1.70 bits per heavy atom. The molecule has 0 radical (unpaired) electrons. The Balaban J connectivity index is 2.16. The van der Waals surface area contributed by atoms with Gasteiger partial charge < -0.3 is 5.32 Å². The highest BCUT2D eigenvalue weighted by molar-refractivity contribution is 6.04. The molecule has 2 aromatic rings. The minimum Gasteiger partial charge on any atom is -0.322 e. The number of pyridine rings is 1. The van der Waals surface area contributed by atoms with E-state index in [1.54, 1.807) is 0 Å². The van der Waals surface area contributed by atoms with E-state index in [9.17, 15) is 23.7 Å². The molecular weight excluding hydrogens is 272 g/mol. The second-order valence-electron chi connectivity index (χ2n) is 3.76. The lowest BCUT2D eigenvalue weighted by Gasteiger charge is -2.05. The van der Waals surface area contributed by atoms with Crippen molar-refractivity contribution >= 4 is 17.3 Å². The van der Waals surface area contributed by atoms with Gasteiger partial charge in [-0.05, 0) is 12.1 Å². The number of nitro benzene ring substituents is 1. The molecule has 1 heterocycles. The highest BCUT2D eigenvalue weighted by atomic mass is 19.1. The Morgan fingerprint density at radius 1 is 1.15 bits per heavy atom. The smallest absolute Gasteiger partial charge is 0.269 e. The molecule has 0 fully saturated rings. The summed E-state index contributed by atoms with van der Waals surface area (Å²) in [7, 11) is 0. The molecule has 0 saturated heterocycles. The third-order valence-corrected chi connectivity index (χ3v) is 2.36. The second-order valence-corrected chi connectivity index (χ2v) is 3.76. The zero-order chi connectivity index (χ0) is 14.7. The van der Waals surface area contributed by atoms with Gasteiger partial charge in [-0.25, -0.2) is 0 Å². The van der Waals surface area contributed by atoms with Gasteiger partial charge in [0, 0.05) is 35.5 Å². The van der Waals surface area contributed by atoms with E-state index in [0.717, 1.165) is 12.1 Å². The van der Waals surface area contributed by atoms with Gasteiger partial charge in [0.05, 0.1) is 4.92 Å². The summed E-state index contributed by atoms with van der Waals surface area (Å²) in [6, 6.07) is 6.58. The maximum absolute atomic E-state index is 12.9. The van der Waals surface area contributed by atoms with Crippen LogP contribution < -0.4 is 5.32 Å². The summed E-state index contributed by atoms with van der Waals surface area (Å²) < 4.78 is 25.7. The van der Waals surface area contributed by atoms with Crippen LogP contribution in [-0.4, -0.2) is 15.8 Å². The van der Waals surface area contributed by atoms with Gasteiger partial charge >= 0.3 is 0 Å². The first-order chi connectivity index (χ1) is 9.45. The van der Waals surface area contributed by atoms with Crippen LogP contribution in [0.1, 0.15) is 10.4 Å². The van der Waals surface area contributed by atoms with Crippen LogP contribution in [0.15, 0.2) is 36.4 Å². The summed E-state index contributed by atoms with van der Waals surface area (Å²) in [5.41, 5.74) is -0.115. The van der Waals surface area contributed by atoms with E-state index in [2.05, 4.69) is 10.3 Å². The van der Waals surface area contributed by atoms with Crippen LogP contribution in [0.2, 0.25) is 0 Å². The molecule has 0 aliphatic heterocycles. The number of rotatable bonds is 3. The zero-order valence-corrected chi connectivity index (χ0v) is 9.84. The molecule has 0 spiro atoms. The van der Waals surface area contributed by atoms with Crippen molar-refractivity contribution in [3.05, 3.63) is 64.0 Å². The number of carbonyl (C=O) groups is 1. The fourth-order valence-corrected chi connectivity index (χ4v) is 1.47. The number of benzene rings is 1. The normalized spacial score (nSPS) is 10.1. The van der Waals surface area contributed by atoms with Crippen molar-refractivity contribution in [1.29, 1.82) is 0 Å². The predicted molar refractivity (Wildman–Crippen MR) is 65.2 cm³/mol. The summed E-state index contributed by atoms with van der Waals surface area (Å²) >= 11 is 0. The molecule has 1 N–H and O–H groups in total. The van der Waals surface area contributed by atoms with Crippen LogP contribution in [0.25, 0.3) is 0 Å². The third-order valence-electron chi connectivity index (χ3n) is 2.36. The number of non-ortho nitro benzene ring substituents is 1. The maximum Gasteiger partial charge on any atom is 0.269 e. The molecule has 1 aromatic heterocycles. The number of nitrogens with one attached hydrogen (secondary N) is 1. The number of hydrogen-bond acceptors (Lipinski definition) is 4. The summed E-state index contributed by atoms with van der Waals surface area (Å²) in [5.74, 6) is -2.98. The van der Waals surface area contributed by atoms with E-state index in [0.29, 0.717) is 0 Å². The van der Waals surface area contributed by atoms with Gasteiger partial charge in [-0.1, -0.05) is 0 Å². The number of anilines is 1. The number of hydrogen-bond donors (Lipinski definition) is 1. The van der Waals surface area contributed by atoms with E-state index in [-0.39, 0.29) is 16.9 Å². The fraction of sp³-hybridized carbons (Fsp3) is 0. The van der Waals surface area contributed by atoms with Crippen molar-refractivity contribution in [3.8, 4) is 0 Å². The highest BCUT2D eigenvalue weighted by Crippen LogP contribution is 2.16. The van der Waals surface area contributed by atoms with Crippen molar-refractivity contribution in [2.45, 2.75) is 0 Å². The fourth-order valence-electron chi connectivity index (χ4n) is 1.47. The molecule has 1 aromatic carbocycles. The number of nitro groups is 1. The number of aromatic nitrogens is 1. The molecule has 8 heteroatoms. The van der Waals surface area contributed by atoms with E-state index in [1.165, 1.54) is 24.3 Å². The first-order valence-electron chi connectivity index (χ1n) is 5.34. The Labute approximate surface area is 111 Å². The molecule has 0 unspecified atom stereocenters. The number of amides is 1. The van der Waals surface area contributed by atoms with Gasteiger partial charge in [-0.15, -0.1) is 0 Å². The molecule has 0 saturated carbocycles. The van der Waals surface area contributed by atoms with Crippen LogP contribution in [-0.2, 0) is 0 Å². The molecule has 0 atom stereocenters. The summed E-state index contributed by atoms with van der Waals surface area (Å²) in [6.07, 6.45) is 0. The average Bonchev–Trinajstić information content (AvgIpc) is 2.38. The van der Waals surface area contributed by atoms with Crippen molar-refractivity contribution < 1.29 is 18.5 Å². The molecule has 6 nitrogen and oxygen atoms in total. The van der Waals surface area contributed by atoms with Gasteiger partial charge in [-0.3, -0.25) is 14.9 Å². The quantitative estimate of drug-likeness (QED) is 0.531. The average molecular weight is 279 g/mol. The van der Waals surface area contributed by atoms with Crippen molar-refractivity contribution in [1.82, 2.24) is 4.98 Å². The van der Waals surface area contributed by atoms with Gasteiger partial charge in [-0.2, -0.15) is 13.8 Å². The Hall–Kier alpha value is -2.90. The van der Waals surface area contributed by atoms with E-state index < -0.39 is 22.7 Å².